The standard InChI is InChI=1S/C16H20N4OS/c1-11-8-13-6-4-5-7-14(13)20(11)16(21)10-19(3)9-15-12(2)17-18-22-15/h4-7,11H,8-10H2,1-3H3. The Labute approximate surface area is 134 Å². The van der Waals surface area contributed by atoms with Gasteiger partial charge in [-0.2, -0.15) is 0 Å². The number of anilines is 1. The summed E-state index contributed by atoms with van der Waals surface area (Å²) >= 11 is 1.40. The van der Waals surface area contributed by atoms with Crippen LogP contribution in [0.25, 0.3) is 0 Å². The molecule has 22 heavy (non-hydrogen) atoms. The van der Waals surface area contributed by atoms with E-state index in [4.69, 9.17) is 0 Å². The first kappa shape index (κ1) is 15.1. The molecule has 1 aliphatic heterocycles. The summed E-state index contributed by atoms with van der Waals surface area (Å²) < 4.78 is 3.94. The molecular formula is C16H20N4OS. The largest absolute Gasteiger partial charge is 0.308 e. The van der Waals surface area contributed by atoms with E-state index in [1.165, 1.54) is 17.1 Å². The van der Waals surface area contributed by atoms with Crippen LogP contribution in [-0.2, 0) is 17.8 Å². The number of fused-ring (bicyclic) bond motifs is 1. The zero-order chi connectivity index (χ0) is 15.7. The Balaban J connectivity index is 1.68. The Morgan fingerprint density at radius 3 is 2.95 bits per heavy atom. The van der Waals surface area contributed by atoms with Crippen LogP contribution in [0.3, 0.4) is 0 Å². The number of carbonyl (C=O) groups is 1. The first-order chi connectivity index (χ1) is 10.6. The van der Waals surface area contributed by atoms with E-state index in [1.807, 2.05) is 42.0 Å². The smallest absolute Gasteiger partial charge is 0.241 e. The van der Waals surface area contributed by atoms with Gasteiger partial charge in [0.1, 0.15) is 0 Å². The summed E-state index contributed by atoms with van der Waals surface area (Å²) in [6.45, 7) is 5.16. The Morgan fingerprint density at radius 1 is 1.45 bits per heavy atom. The monoisotopic (exact) mass is 316 g/mol. The molecule has 0 radical (unpaired) electrons. The van der Waals surface area contributed by atoms with Gasteiger partial charge in [-0.3, -0.25) is 9.69 Å². The zero-order valence-electron chi connectivity index (χ0n) is 13.1. The highest BCUT2D eigenvalue weighted by Crippen LogP contribution is 2.31. The maximum atomic E-state index is 12.7. The van der Waals surface area contributed by atoms with Gasteiger partial charge in [0, 0.05) is 18.3 Å². The van der Waals surface area contributed by atoms with Crippen molar-refractivity contribution < 1.29 is 4.79 Å². The van der Waals surface area contributed by atoms with E-state index in [0.717, 1.165) is 22.7 Å². The van der Waals surface area contributed by atoms with Crippen LogP contribution in [0.1, 0.15) is 23.1 Å². The van der Waals surface area contributed by atoms with Crippen molar-refractivity contribution in [2.75, 3.05) is 18.5 Å². The quantitative estimate of drug-likeness (QED) is 0.868. The van der Waals surface area contributed by atoms with Gasteiger partial charge >= 0.3 is 0 Å². The average Bonchev–Trinajstić information content (AvgIpc) is 3.01. The summed E-state index contributed by atoms with van der Waals surface area (Å²) in [5.74, 6) is 0.148. The van der Waals surface area contributed by atoms with E-state index in [-0.39, 0.29) is 11.9 Å². The fourth-order valence-corrected chi connectivity index (χ4v) is 3.66. The lowest BCUT2D eigenvalue weighted by Gasteiger charge is -2.25. The number of carbonyl (C=O) groups excluding carboxylic acids is 1. The molecule has 1 aromatic carbocycles. The second-order valence-corrected chi connectivity index (χ2v) is 6.74. The molecule has 1 aromatic heterocycles. The predicted octanol–water partition coefficient (Wildman–Crippen LogP) is 2.26. The number of amides is 1. The number of benzene rings is 1. The maximum Gasteiger partial charge on any atom is 0.241 e. The molecule has 0 spiro atoms. The first-order valence-electron chi connectivity index (χ1n) is 7.42. The van der Waals surface area contributed by atoms with Crippen LogP contribution in [0.5, 0.6) is 0 Å². The molecule has 1 aliphatic rings. The second-order valence-electron chi connectivity index (χ2n) is 5.90. The minimum Gasteiger partial charge on any atom is -0.308 e. The molecular weight excluding hydrogens is 296 g/mol. The molecule has 1 atom stereocenters. The number of aromatic nitrogens is 2. The highest BCUT2D eigenvalue weighted by molar-refractivity contribution is 7.05. The SMILES string of the molecule is Cc1nnsc1CN(C)CC(=O)N1c2ccccc2CC1C. The van der Waals surface area contributed by atoms with Gasteiger partial charge in [-0.25, -0.2) is 0 Å². The number of hydrogen-bond donors (Lipinski definition) is 0. The van der Waals surface area contributed by atoms with Crippen molar-refractivity contribution in [3.63, 3.8) is 0 Å². The lowest BCUT2D eigenvalue weighted by Crippen LogP contribution is -2.41. The van der Waals surface area contributed by atoms with Crippen LogP contribution in [0.2, 0.25) is 0 Å². The molecule has 0 bridgehead atoms. The van der Waals surface area contributed by atoms with Gasteiger partial charge < -0.3 is 4.90 Å². The molecule has 3 rings (SSSR count). The topological polar surface area (TPSA) is 49.3 Å². The third-order valence-electron chi connectivity index (χ3n) is 4.04. The van der Waals surface area contributed by atoms with Crippen LogP contribution < -0.4 is 4.90 Å². The molecule has 116 valence electrons. The van der Waals surface area contributed by atoms with E-state index in [2.05, 4.69) is 22.6 Å². The van der Waals surface area contributed by atoms with Crippen molar-refractivity contribution in [3.8, 4) is 0 Å². The van der Waals surface area contributed by atoms with Gasteiger partial charge in [0.05, 0.1) is 17.1 Å². The number of nitrogens with zero attached hydrogens (tertiary/aromatic N) is 4. The molecule has 1 amide bonds. The van der Waals surface area contributed by atoms with Crippen LogP contribution in [-0.4, -0.2) is 40.0 Å². The number of hydrogen-bond acceptors (Lipinski definition) is 5. The minimum atomic E-state index is 0.148. The van der Waals surface area contributed by atoms with Crippen LogP contribution in [0.4, 0.5) is 5.69 Å². The van der Waals surface area contributed by atoms with Crippen molar-refractivity contribution in [1.29, 1.82) is 0 Å². The van der Waals surface area contributed by atoms with Crippen LogP contribution >= 0.6 is 11.5 Å². The number of para-hydroxylation sites is 1. The van der Waals surface area contributed by atoms with E-state index in [1.54, 1.807) is 0 Å². The molecule has 0 saturated carbocycles. The fraction of sp³-hybridized carbons (Fsp3) is 0.438. The predicted molar refractivity (Wildman–Crippen MR) is 88.1 cm³/mol. The van der Waals surface area contributed by atoms with Crippen molar-refractivity contribution in [2.45, 2.75) is 32.9 Å². The van der Waals surface area contributed by atoms with Crippen LogP contribution in [0.15, 0.2) is 24.3 Å². The molecule has 0 fully saturated rings. The molecule has 2 heterocycles. The van der Waals surface area contributed by atoms with Gasteiger partial charge in [0.25, 0.3) is 0 Å². The van der Waals surface area contributed by atoms with E-state index in [0.29, 0.717) is 13.1 Å². The highest BCUT2D eigenvalue weighted by Gasteiger charge is 2.30. The minimum absolute atomic E-state index is 0.148. The Kier molecular flexibility index (Phi) is 4.22. The third-order valence-corrected chi connectivity index (χ3v) is 4.85. The van der Waals surface area contributed by atoms with Crippen molar-refractivity contribution in [1.82, 2.24) is 14.5 Å². The van der Waals surface area contributed by atoms with Crippen molar-refractivity contribution in [3.05, 3.63) is 40.4 Å². The average molecular weight is 316 g/mol. The maximum absolute atomic E-state index is 12.7. The Morgan fingerprint density at radius 2 is 2.23 bits per heavy atom. The molecule has 0 saturated heterocycles. The van der Waals surface area contributed by atoms with Crippen molar-refractivity contribution >= 4 is 23.1 Å². The lowest BCUT2D eigenvalue weighted by atomic mass is 10.1. The number of aryl methyl sites for hydroxylation is 1. The van der Waals surface area contributed by atoms with E-state index in [9.17, 15) is 4.79 Å². The fourth-order valence-electron chi connectivity index (χ4n) is 2.95. The molecule has 0 aliphatic carbocycles. The van der Waals surface area contributed by atoms with Gasteiger partial charge in [0.2, 0.25) is 5.91 Å². The molecule has 1 unspecified atom stereocenters. The van der Waals surface area contributed by atoms with E-state index >= 15 is 0 Å². The van der Waals surface area contributed by atoms with Gasteiger partial charge in [-0.15, -0.1) is 5.10 Å². The molecule has 6 heteroatoms. The van der Waals surface area contributed by atoms with Gasteiger partial charge in [-0.05, 0) is 50.5 Å². The van der Waals surface area contributed by atoms with Gasteiger partial charge in [-0.1, -0.05) is 22.7 Å². The van der Waals surface area contributed by atoms with Crippen LogP contribution in [0, 0.1) is 6.92 Å². The number of likely N-dealkylation sites (N-methyl/N-ethyl adjacent to an activating group) is 1. The van der Waals surface area contributed by atoms with E-state index < -0.39 is 0 Å². The molecule has 0 N–H and O–H groups in total. The molecule has 5 nitrogen and oxygen atoms in total. The summed E-state index contributed by atoms with van der Waals surface area (Å²) in [5, 5.41) is 4.01. The summed E-state index contributed by atoms with van der Waals surface area (Å²) in [5.41, 5.74) is 3.27. The Hall–Kier alpha value is -1.79. The third kappa shape index (κ3) is 2.89. The number of rotatable bonds is 4. The Bertz CT molecular complexity index is 684. The first-order valence-corrected chi connectivity index (χ1v) is 8.20. The highest BCUT2D eigenvalue weighted by atomic mass is 32.1. The summed E-state index contributed by atoms with van der Waals surface area (Å²) in [4.78, 5) is 17.8. The lowest BCUT2D eigenvalue weighted by molar-refractivity contribution is -0.119. The van der Waals surface area contributed by atoms with Gasteiger partial charge in [0.15, 0.2) is 0 Å². The summed E-state index contributed by atoms with van der Waals surface area (Å²) in [6.07, 6.45) is 0.934. The molecule has 2 aromatic rings. The van der Waals surface area contributed by atoms with Crippen molar-refractivity contribution in [2.24, 2.45) is 0 Å². The zero-order valence-corrected chi connectivity index (χ0v) is 13.9. The summed E-state index contributed by atoms with van der Waals surface area (Å²) in [7, 11) is 1.96. The second kappa shape index (κ2) is 6.14. The summed E-state index contributed by atoms with van der Waals surface area (Å²) in [6, 6.07) is 8.40. The normalized spacial score (nSPS) is 17.1.